The summed E-state index contributed by atoms with van der Waals surface area (Å²) < 4.78 is 97.7. The van der Waals surface area contributed by atoms with Gasteiger partial charge in [-0.3, -0.25) is 13.7 Å². The van der Waals surface area contributed by atoms with Crippen molar-refractivity contribution in [1.29, 1.82) is 0 Å². The Morgan fingerprint density at radius 3 is 0.912 bits per heavy atom. The van der Waals surface area contributed by atoms with E-state index in [0.717, 1.165) is 18.2 Å². The Balaban J connectivity index is 0.00000363. The molecular weight excluding hydrogens is 594 g/mol. The summed E-state index contributed by atoms with van der Waals surface area (Å²) in [7, 11) is -15.4. The summed E-state index contributed by atoms with van der Waals surface area (Å²) in [5.74, 6) is 0. The zero-order chi connectivity index (χ0) is 23.0. The third kappa shape index (κ3) is 7.85. The van der Waals surface area contributed by atoms with Gasteiger partial charge in [-0.1, -0.05) is 36.4 Å². The number of benzene rings is 3. The molecule has 0 fully saturated rings. The summed E-state index contributed by atoms with van der Waals surface area (Å²) in [5.41, 5.74) is 0. The van der Waals surface area contributed by atoms with Crippen LogP contribution in [0.3, 0.4) is 0 Å². The second-order valence-corrected chi connectivity index (χ2v) is 12.7. The van der Waals surface area contributed by atoms with Crippen molar-refractivity contribution in [2.75, 3.05) is 0 Å². The molecule has 3 aromatic carbocycles. The van der Waals surface area contributed by atoms with Crippen molar-refractivity contribution in [1.82, 2.24) is 0 Å². The van der Waals surface area contributed by atoms with Crippen LogP contribution < -0.4 is 15.9 Å². The fourth-order valence-electron chi connectivity index (χ4n) is 2.80. The summed E-state index contributed by atoms with van der Waals surface area (Å²) in [4.78, 5) is -1.22. The molecule has 0 unspecified atom stereocenters. The quantitative estimate of drug-likeness (QED) is 0.281. The summed E-state index contributed by atoms with van der Waals surface area (Å²) in [6.07, 6.45) is 0. The summed E-state index contributed by atoms with van der Waals surface area (Å²) in [6.45, 7) is 0. The Kier molecular flexibility index (Phi) is 11.6. The lowest BCUT2D eigenvalue weighted by Crippen LogP contribution is -2.22. The first-order valence-corrected chi connectivity index (χ1v) is 14.0. The van der Waals surface area contributed by atoms with Crippen LogP contribution in [0.1, 0.15) is 0 Å². The lowest BCUT2D eigenvalue weighted by molar-refractivity contribution is 0.481. The van der Waals surface area contributed by atoms with Crippen LogP contribution in [0.5, 0.6) is 0 Å². The molecule has 3 rings (SSSR count). The van der Waals surface area contributed by atoms with Crippen LogP contribution in [0.15, 0.2) is 87.5 Å². The van der Waals surface area contributed by atoms with E-state index in [9.17, 15) is 38.9 Å². The Bertz CT molecular complexity index is 1300. The van der Waals surface area contributed by atoms with E-state index in [2.05, 4.69) is 0 Å². The molecule has 0 bridgehead atoms. The first kappa shape index (κ1) is 32.7. The smallest absolute Gasteiger partial charge is 0.282 e. The molecule has 0 saturated heterocycles. The highest BCUT2D eigenvalue weighted by Gasteiger charge is 2.23. The van der Waals surface area contributed by atoms with Crippen LogP contribution in [-0.4, -0.2) is 38.9 Å². The normalized spacial score (nSPS) is 11.6. The van der Waals surface area contributed by atoms with Crippen molar-refractivity contribution < 1.29 is 38.9 Å². The van der Waals surface area contributed by atoms with Crippen molar-refractivity contribution in [3.63, 3.8) is 0 Å². The summed E-state index contributed by atoms with van der Waals surface area (Å²) in [5, 5.41) is 1.01. The Morgan fingerprint density at radius 1 is 0.471 bits per heavy atom. The number of hydrogen-bond donors (Lipinski definition) is 3. The van der Waals surface area contributed by atoms with Crippen LogP contribution in [-0.2, 0) is 30.4 Å². The average molecular weight is 612 g/mol. The Hall–Kier alpha value is -1.31. The molecule has 9 nitrogen and oxygen atoms in total. The maximum absolute atomic E-state index is 11.6. The molecule has 0 amide bonds. The van der Waals surface area contributed by atoms with Crippen molar-refractivity contribution in [2.24, 2.45) is 0 Å². The van der Waals surface area contributed by atoms with Gasteiger partial charge in [0, 0.05) is 0 Å². The molecule has 0 aromatic heterocycles. The van der Waals surface area contributed by atoms with E-state index < -0.39 is 53.0 Å². The standard InChI is InChI=1S/C18H15O9PS3.3ClH/c19-29(20,21)16-7-1-4-13(10-16)28(14-5-2-8-17(11-14)30(22,23)24)15-6-3-9-18(12-15)31(25,26)27;;;/h1-12H,(H,19,20,21)(H,22,23,24)(H,25,26,27);3*1H. The molecule has 16 heteroatoms. The molecule has 0 saturated carbocycles. The molecule has 0 aliphatic heterocycles. The monoisotopic (exact) mass is 610 g/mol. The maximum Gasteiger partial charge on any atom is 0.294 e. The van der Waals surface area contributed by atoms with Crippen LogP contribution in [0.2, 0.25) is 0 Å². The largest absolute Gasteiger partial charge is 0.294 e. The van der Waals surface area contributed by atoms with Gasteiger partial charge in [0.1, 0.15) is 0 Å². The minimum atomic E-state index is -4.55. The van der Waals surface area contributed by atoms with Crippen molar-refractivity contribution in [2.45, 2.75) is 14.7 Å². The van der Waals surface area contributed by atoms with E-state index in [4.69, 9.17) is 0 Å². The fraction of sp³-hybridized carbons (Fsp3) is 0. The third-order valence-corrected chi connectivity index (χ3v) is 9.05. The van der Waals surface area contributed by atoms with Crippen LogP contribution in [0.4, 0.5) is 0 Å². The van der Waals surface area contributed by atoms with Crippen molar-refractivity contribution in [3.8, 4) is 0 Å². The van der Waals surface area contributed by atoms with Crippen LogP contribution >= 0.6 is 45.1 Å². The average Bonchev–Trinajstić information content (AvgIpc) is 2.67. The molecule has 0 spiro atoms. The Labute approximate surface area is 216 Å². The molecule has 34 heavy (non-hydrogen) atoms. The van der Waals surface area contributed by atoms with E-state index in [1.54, 1.807) is 0 Å². The van der Waals surface area contributed by atoms with Gasteiger partial charge in [-0.2, -0.15) is 25.3 Å². The lowest BCUT2D eigenvalue weighted by Gasteiger charge is -2.20. The topological polar surface area (TPSA) is 163 Å². The zero-order valence-corrected chi connectivity index (χ0v) is 22.4. The SMILES string of the molecule is Cl.Cl.Cl.O=S(=O)(O)c1cccc(P(c2cccc(S(=O)(=O)O)c2)c2cccc(S(=O)(=O)O)c2)c1. The highest BCUT2D eigenvalue weighted by molar-refractivity contribution is 7.86. The van der Waals surface area contributed by atoms with Gasteiger partial charge in [0.25, 0.3) is 30.4 Å². The maximum atomic E-state index is 11.6. The van der Waals surface area contributed by atoms with Crippen molar-refractivity contribution in [3.05, 3.63) is 72.8 Å². The number of halogens is 3. The second-order valence-electron chi connectivity index (χ2n) is 6.25. The van der Waals surface area contributed by atoms with Gasteiger partial charge >= 0.3 is 0 Å². The van der Waals surface area contributed by atoms with Gasteiger partial charge in [0.15, 0.2) is 0 Å². The highest BCUT2D eigenvalue weighted by Crippen LogP contribution is 2.34. The summed E-state index contributed by atoms with van der Waals surface area (Å²) >= 11 is 0. The van der Waals surface area contributed by atoms with Crippen molar-refractivity contribution >= 4 is 91.4 Å². The van der Waals surface area contributed by atoms with Crippen LogP contribution in [0.25, 0.3) is 0 Å². The minimum absolute atomic E-state index is 0. The van der Waals surface area contributed by atoms with E-state index in [0.29, 0.717) is 15.9 Å². The van der Waals surface area contributed by atoms with Gasteiger partial charge in [0.2, 0.25) is 0 Å². The predicted molar refractivity (Wildman–Crippen MR) is 136 cm³/mol. The van der Waals surface area contributed by atoms with E-state index >= 15 is 0 Å². The molecule has 3 aromatic rings. The molecule has 188 valence electrons. The molecule has 0 radical (unpaired) electrons. The van der Waals surface area contributed by atoms with E-state index in [1.807, 2.05) is 0 Å². The molecule has 0 heterocycles. The second kappa shape index (κ2) is 12.1. The molecule has 3 N–H and O–H groups in total. The van der Waals surface area contributed by atoms with Gasteiger partial charge in [-0.15, -0.1) is 37.2 Å². The van der Waals surface area contributed by atoms with Gasteiger partial charge in [0.05, 0.1) is 14.7 Å². The lowest BCUT2D eigenvalue weighted by atomic mass is 10.3. The van der Waals surface area contributed by atoms with Crippen LogP contribution in [0, 0.1) is 0 Å². The van der Waals surface area contributed by atoms with Gasteiger partial charge in [-0.25, -0.2) is 0 Å². The molecular formula is C18H18Cl3O9PS3. The number of hydrogen-bond acceptors (Lipinski definition) is 6. The number of rotatable bonds is 6. The third-order valence-electron chi connectivity index (χ3n) is 4.12. The molecule has 0 aliphatic rings. The predicted octanol–water partition coefficient (Wildman–Crippen LogP) is 2.45. The fourth-order valence-corrected chi connectivity index (χ4v) is 7.04. The van der Waals surface area contributed by atoms with E-state index in [-0.39, 0.29) is 37.2 Å². The first-order valence-electron chi connectivity index (χ1n) is 8.30. The zero-order valence-electron chi connectivity index (χ0n) is 16.6. The molecule has 0 atom stereocenters. The first-order chi connectivity index (χ1) is 14.3. The van der Waals surface area contributed by atoms with E-state index in [1.165, 1.54) is 54.6 Å². The minimum Gasteiger partial charge on any atom is -0.282 e. The van der Waals surface area contributed by atoms with Gasteiger partial charge in [-0.05, 0) is 60.2 Å². The Morgan fingerprint density at radius 2 is 0.706 bits per heavy atom. The molecule has 0 aliphatic carbocycles. The summed E-state index contributed by atoms with van der Waals surface area (Å²) in [6, 6.07) is 15.7. The highest BCUT2D eigenvalue weighted by atomic mass is 35.5. The van der Waals surface area contributed by atoms with Gasteiger partial charge < -0.3 is 0 Å².